The SMILES string of the molecule is O=C(NC1CCN(c2ccccc2C(=O)N2CCN(C(=O)C3CCCO3)CC2)CC1)c1cccc(F)c1. The second kappa shape index (κ2) is 11.3. The van der Waals surface area contributed by atoms with Crippen molar-refractivity contribution in [2.24, 2.45) is 0 Å². The summed E-state index contributed by atoms with van der Waals surface area (Å²) in [6.07, 6.45) is 2.82. The summed E-state index contributed by atoms with van der Waals surface area (Å²) in [6, 6.07) is 13.3. The highest BCUT2D eigenvalue weighted by Gasteiger charge is 2.32. The van der Waals surface area contributed by atoms with Crippen LogP contribution in [0.15, 0.2) is 48.5 Å². The third-order valence-electron chi connectivity index (χ3n) is 7.48. The van der Waals surface area contributed by atoms with E-state index in [9.17, 15) is 18.8 Å². The molecule has 3 amide bonds. The Hall–Kier alpha value is -3.46. The van der Waals surface area contributed by atoms with Crippen LogP contribution >= 0.6 is 0 Å². The van der Waals surface area contributed by atoms with Gasteiger partial charge in [-0.1, -0.05) is 18.2 Å². The number of nitrogens with zero attached hydrogens (tertiary/aromatic N) is 3. The highest BCUT2D eigenvalue weighted by atomic mass is 19.1. The van der Waals surface area contributed by atoms with Crippen LogP contribution in [0.3, 0.4) is 0 Å². The number of carbonyl (C=O) groups is 3. The lowest BCUT2D eigenvalue weighted by molar-refractivity contribution is -0.142. The number of ether oxygens (including phenoxy) is 1. The van der Waals surface area contributed by atoms with Crippen LogP contribution in [0.25, 0.3) is 0 Å². The molecule has 1 unspecified atom stereocenters. The topological polar surface area (TPSA) is 82.2 Å². The highest BCUT2D eigenvalue weighted by molar-refractivity contribution is 6.00. The molecule has 2 aromatic rings. The van der Waals surface area contributed by atoms with Crippen LogP contribution in [-0.2, 0) is 9.53 Å². The molecule has 3 saturated heterocycles. The maximum atomic E-state index is 13.5. The Labute approximate surface area is 216 Å². The van der Waals surface area contributed by atoms with E-state index in [2.05, 4.69) is 10.2 Å². The summed E-state index contributed by atoms with van der Waals surface area (Å²) in [5.74, 6) is -0.691. The van der Waals surface area contributed by atoms with Crippen molar-refractivity contribution in [1.29, 1.82) is 0 Å². The van der Waals surface area contributed by atoms with Crippen LogP contribution in [0.5, 0.6) is 0 Å². The van der Waals surface area contributed by atoms with E-state index in [0.717, 1.165) is 31.4 Å². The van der Waals surface area contributed by atoms with Gasteiger partial charge in [-0.05, 0) is 56.0 Å². The van der Waals surface area contributed by atoms with Gasteiger partial charge in [0.1, 0.15) is 11.9 Å². The van der Waals surface area contributed by atoms with E-state index >= 15 is 0 Å². The lowest BCUT2D eigenvalue weighted by atomic mass is 10.0. The lowest BCUT2D eigenvalue weighted by Crippen LogP contribution is -2.53. The van der Waals surface area contributed by atoms with Gasteiger partial charge < -0.3 is 24.8 Å². The van der Waals surface area contributed by atoms with Crippen LogP contribution in [0.4, 0.5) is 10.1 Å². The molecule has 196 valence electrons. The number of hydrogen-bond acceptors (Lipinski definition) is 5. The Morgan fingerprint density at radius 2 is 1.59 bits per heavy atom. The molecule has 0 aliphatic carbocycles. The largest absolute Gasteiger partial charge is 0.371 e. The molecular weight excluding hydrogens is 475 g/mol. The summed E-state index contributed by atoms with van der Waals surface area (Å²) in [5.41, 5.74) is 1.86. The summed E-state index contributed by atoms with van der Waals surface area (Å²) in [6.45, 7) is 4.07. The normalized spacial score (nSPS) is 20.7. The smallest absolute Gasteiger partial charge is 0.256 e. The van der Waals surface area contributed by atoms with Crippen molar-refractivity contribution in [2.75, 3.05) is 50.8 Å². The van der Waals surface area contributed by atoms with Gasteiger partial charge in [-0.25, -0.2) is 4.39 Å². The molecule has 0 saturated carbocycles. The monoisotopic (exact) mass is 508 g/mol. The summed E-state index contributed by atoms with van der Waals surface area (Å²) in [7, 11) is 0. The van der Waals surface area contributed by atoms with Crippen LogP contribution < -0.4 is 10.2 Å². The zero-order chi connectivity index (χ0) is 25.8. The van der Waals surface area contributed by atoms with Crippen LogP contribution in [0, 0.1) is 5.82 Å². The Bertz CT molecular complexity index is 1140. The summed E-state index contributed by atoms with van der Waals surface area (Å²) < 4.78 is 19.0. The molecule has 8 nitrogen and oxygen atoms in total. The quantitative estimate of drug-likeness (QED) is 0.672. The van der Waals surface area contributed by atoms with Gasteiger partial charge in [-0.3, -0.25) is 14.4 Å². The van der Waals surface area contributed by atoms with Crippen molar-refractivity contribution in [3.05, 3.63) is 65.5 Å². The third-order valence-corrected chi connectivity index (χ3v) is 7.48. The minimum absolute atomic E-state index is 0.00987. The molecule has 2 aromatic carbocycles. The average Bonchev–Trinajstić information content (AvgIpc) is 3.48. The molecule has 37 heavy (non-hydrogen) atoms. The third kappa shape index (κ3) is 5.77. The minimum Gasteiger partial charge on any atom is -0.371 e. The number of carbonyl (C=O) groups excluding carboxylic acids is 3. The minimum atomic E-state index is -0.431. The molecule has 0 radical (unpaired) electrons. The Kier molecular flexibility index (Phi) is 7.69. The number of rotatable bonds is 5. The van der Waals surface area contributed by atoms with E-state index in [1.807, 2.05) is 34.1 Å². The Balaban J connectivity index is 1.16. The summed E-state index contributed by atoms with van der Waals surface area (Å²) in [4.78, 5) is 44.4. The highest BCUT2D eigenvalue weighted by Crippen LogP contribution is 2.26. The van der Waals surface area contributed by atoms with Crippen LogP contribution in [0.2, 0.25) is 0 Å². The van der Waals surface area contributed by atoms with E-state index in [1.54, 1.807) is 6.07 Å². The van der Waals surface area contributed by atoms with Crippen molar-refractivity contribution >= 4 is 23.4 Å². The molecule has 9 heteroatoms. The van der Waals surface area contributed by atoms with Gasteiger partial charge in [0.05, 0.1) is 5.56 Å². The van der Waals surface area contributed by atoms with Crippen LogP contribution in [-0.4, -0.2) is 85.5 Å². The predicted molar refractivity (Wildman–Crippen MR) is 137 cm³/mol. The number of para-hydroxylation sites is 1. The molecule has 3 heterocycles. The number of nitrogens with one attached hydrogen (secondary N) is 1. The molecule has 3 aliphatic heterocycles. The van der Waals surface area contributed by atoms with E-state index in [4.69, 9.17) is 4.74 Å². The summed E-state index contributed by atoms with van der Waals surface area (Å²) in [5, 5.41) is 3.01. The predicted octanol–water partition coefficient (Wildman–Crippen LogP) is 2.69. The average molecular weight is 509 g/mol. The molecule has 3 fully saturated rings. The van der Waals surface area contributed by atoms with Gasteiger partial charge >= 0.3 is 0 Å². The molecule has 0 bridgehead atoms. The zero-order valence-corrected chi connectivity index (χ0v) is 20.9. The van der Waals surface area contributed by atoms with Crippen LogP contribution in [0.1, 0.15) is 46.4 Å². The Morgan fingerprint density at radius 3 is 2.30 bits per heavy atom. The molecule has 0 spiro atoms. The molecular formula is C28H33FN4O4. The van der Waals surface area contributed by atoms with Crippen molar-refractivity contribution in [1.82, 2.24) is 15.1 Å². The van der Waals surface area contributed by atoms with Gasteiger partial charge in [0.2, 0.25) is 0 Å². The van der Waals surface area contributed by atoms with E-state index in [0.29, 0.717) is 57.0 Å². The lowest BCUT2D eigenvalue weighted by Gasteiger charge is -2.37. The van der Waals surface area contributed by atoms with Gasteiger partial charge in [-0.2, -0.15) is 0 Å². The number of hydrogen-bond donors (Lipinski definition) is 1. The molecule has 0 aromatic heterocycles. The number of piperidine rings is 1. The molecule has 3 aliphatic rings. The molecule has 1 atom stereocenters. The molecule has 1 N–H and O–H groups in total. The number of anilines is 1. The van der Waals surface area contributed by atoms with E-state index in [1.165, 1.54) is 18.2 Å². The maximum absolute atomic E-state index is 13.5. The van der Waals surface area contributed by atoms with Crippen molar-refractivity contribution in [3.8, 4) is 0 Å². The standard InChI is InChI=1S/C28H33FN4O4/c29-21-6-3-5-20(19-21)26(34)30-22-10-12-31(13-11-22)24-8-2-1-7-23(24)27(35)32-14-16-33(17-15-32)28(36)25-9-4-18-37-25/h1-3,5-8,19,22,25H,4,9-18H2,(H,30,34). The number of amides is 3. The molecule has 5 rings (SSSR count). The van der Waals surface area contributed by atoms with E-state index in [-0.39, 0.29) is 29.9 Å². The number of piperazine rings is 1. The van der Waals surface area contributed by atoms with Gasteiger partial charge in [0, 0.05) is 63.2 Å². The first kappa shape index (κ1) is 25.2. The van der Waals surface area contributed by atoms with Crippen molar-refractivity contribution in [2.45, 2.75) is 37.8 Å². The fourth-order valence-electron chi connectivity index (χ4n) is 5.37. The fraction of sp³-hybridized carbons (Fsp3) is 0.464. The second-order valence-electron chi connectivity index (χ2n) is 9.88. The van der Waals surface area contributed by atoms with Gasteiger partial charge in [0.15, 0.2) is 0 Å². The zero-order valence-electron chi connectivity index (χ0n) is 20.9. The van der Waals surface area contributed by atoms with Crippen molar-refractivity contribution in [3.63, 3.8) is 0 Å². The first-order chi connectivity index (χ1) is 18.0. The Morgan fingerprint density at radius 1 is 0.865 bits per heavy atom. The summed E-state index contributed by atoms with van der Waals surface area (Å²) >= 11 is 0. The maximum Gasteiger partial charge on any atom is 0.256 e. The van der Waals surface area contributed by atoms with Gasteiger partial charge in [0.25, 0.3) is 17.7 Å². The van der Waals surface area contributed by atoms with E-state index < -0.39 is 5.82 Å². The van der Waals surface area contributed by atoms with Gasteiger partial charge in [-0.15, -0.1) is 0 Å². The fourth-order valence-corrected chi connectivity index (χ4v) is 5.37. The first-order valence-corrected chi connectivity index (χ1v) is 13.1. The van der Waals surface area contributed by atoms with Crippen molar-refractivity contribution < 1.29 is 23.5 Å². The second-order valence-corrected chi connectivity index (χ2v) is 9.88. The number of benzene rings is 2. The first-order valence-electron chi connectivity index (χ1n) is 13.1. The number of halogens is 1.